The fourth-order valence-corrected chi connectivity index (χ4v) is 1.69. The summed E-state index contributed by atoms with van der Waals surface area (Å²) >= 11 is 0. The van der Waals surface area contributed by atoms with Crippen LogP contribution in [-0.2, 0) is 9.53 Å². The summed E-state index contributed by atoms with van der Waals surface area (Å²) in [5.74, 6) is -8.80. The van der Waals surface area contributed by atoms with Crippen LogP contribution in [0.4, 0.5) is 17.6 Å². The van der Waals surface area contributed by atoms with E-state index in [-0.39, 0.29) is 12.5 Å². The van der Waals surface area contributed by atoms with Crippen molar-refractivity contribution >= 4 is 5.97 Å². The van der Waals surface area contributed by atoms with E-state index < -0.39 is 59.3 Å². The number of hydrogen-bond acceptors (Lipinski definition) is 5. The summed E-state index contributed by atoms with van der Waals surface area (Å²) in [4.78, 5) is 11.6. The molecule has 2 unspecified atom stereocenters. The standard InChI is InChI=1S/C15H19F4NO4/c1-15(2,3)24-14(22)10(20)4-7(21)6-23-13-11(18)8(16)5-9(17)12(13)19/h5,7,10,21H,4,6,20H2,1-3H3. The van der Waals surface area contributed by atoms with Gasteiger partial charge in [0.1, 0.15) is 18.2 Å². The minimum absolute atomic E-state index is 0.0341. The van der Waals surface area contributed by atoms with Gasteiger partial charge in [-0.05, 0) is 20.8 Å². The van der Waals surface area contributed by atoms with Crippen LogP contribution < -0.4 is 10.5 Å². The third-order valence-corrected chi connectivity index (χ3v) is 2.73. The van der Waals surface area contributed by atoms with E-state index in [0.29, 0.717) is 0 Å². The second kappa shape index (κ2) is 7.80. The molecule has 24 heavy (non-hydrogen) atoms. The van der Waals surface area contributed by atoms with Gasteiger partial charge in [0.05, 0.1) is 6.10 Å². The molecule has 9 heteroatoms. The van der Waals surface area contributed by atoms with Crippen molar-refractivity contribution in [1.29, 1.82) is 0 Å². The van der Waals surface area contributed by atoms with Crippen LogP contribution in [0.25, 0.3) is 0 Å². The molecule has 0 fully saturated rings. The molecule has 0 aliphatic rings. The Labute approximate surface area is 136 Å². The largest absolute Gasteiger partial charge is 0.485 e. The highest BCUT2D eigenvalue weighted by Crippen LogP contribution is 2.26. The second-order valence-electron chi connectivity index (χ2n) is 6.14. The number of aliphatic hydroxyl groups excluding tert-OH is 1. The van der Waals surface area contributed by atoms with E-state index >= 15 is 0 Å². The lowest BCUT2D eigenvalue weighted by atomic mass is 10.1. The topological polar surface area (TPSA) is 81.8 Å². The molecule has 0 aliphatic heterocycles. The van der Waals surface area contributed by atoms with E-state index in [9.17, 15) is 27.5 Å². The number of rotatable bonds is 6. The Kier molecular flexibility index (Phi) is 6.56. The highest BCUT2D eigenvalue weighted by atomic mass is 19.2. The van der Waals surface area contributed by atoms with Gasteiger partial charge in [-0.25, -0.2) is 8.78 Å². The fraction of sp³-hybridized carbons (Fsp3) is 0.533. The number of carbonyl (C=O) groups is 1. The third kappa shape index (κ3) is 5.64. The van der Waals surface area contributed by atoms with Gasteiger partial charge in [0, 0.05) is 12.5 Å². The van der Waals surface area contributed by atoms with Gasteiger partial charge in [-0.3, -0.25) is 4.79 Å². The molecule has 1 aromatic rings. The molecule has 1 rings (SSSR count). The predicted molar refractivity (Wildman–Crippen MR) is 76.2 cm³/mol. The molecule has 0 aliphatic carbocycles. The summed E-state index contributed by atoms with van der Waals surface area (Å²) in [5.41, 5.74) is 4.77. The zero-order valence-electron chi connectivity index (χ0n) is 13.4. The molecule has 0 heterocycles. The number of ether oxygens (including phenoxy) is 2. The number of aliphatic hydroxyl groups is 1. The quantitative estimate of drug-likeness (QED) is 0.465. The molecule has 0 bridgehead atoms. The average molecular weight is 353 g/mol. The molecule has 0 spiro atoms. The van der Waals surface area contributed by atoms with Gasteiger partial charge in [-0.1, -0.05) is 0 Å². The van der Waals surface area contributed by atoms with Crippen LogP contribution in [0.5, 0.6) is 5.75 Å². The van der Waals surface area contributed by atoms with Crippen molar-refractivity contribution in [2.45, 2.75) is 44.9 Å². The Morgan fingerprint density at radius 1 is 1.21 bits per heavy atom. The van der Waals surface area contributed by atoms with E-state index in [4.69, 9.17) is 10.5 Å². The van der Waals surface area contributed by atoms with Gasteiger partial charge in [-0.15, -0.1) is 0 Å². The van der Waals surface area contributed by atoms with Gasteiger partial charge in [0.15, 0.2) is 17.4 Å². The fourth-order valence-electron chi connectivity index (χ4n) is 1.69. The van der Waals surface area contributed by atoms with E-state index in [1.165, 1.54) is 0 Å². The first kappa shape index (κ1) is 20.2. The van der Waals surface area contributed by atoms with Crippen LogP contribution in [0, 0.1) is 23.3 Å². The molecule has 2 atom stereocenters. The maximum absolute atomic E-state index is 13.4. The third-order valence-electron chi connectivity index (χ3n) is 2.73. The van der Waals surface area contributed by atoms with Crippen LogP contribution in [0.1, 0.15) is 27.2 Å². The van der Waals surface area contributed by atoms with E-state index in [0.717, 1.165) is 0 Å². The van der Waals surface area contributed by atoms with E-state index in [1.807, 2.05) is 0 Å². The highest BCUT2D eigenvalue weighted by Gasteiger charge is 2.26. The molecule has 0 saturated carbocycles. The van der Waals surface area contributed by atoms with Gasteiger partial charge >= 0.3 is 5.97 Å². The summed E-state index contributed by atoms with van der Waals surface area (Å²) in [7, 11) is 0. The number of carbonyl (C=O) groups excluding carboxylic acids is 1. The van der Waals surface area contributed by atoms with Crippen molar-refractivity contribution in [2.75, 3.05) is 6.61 Å². The first-order chi connectivity index (χ1) is 10.9. The molecule has 5 nitrogen and oxygen atoms in total. The highest BCUT2D eigenvalue weighted by molar-refractivity contribution is 5.75. The summed E-state index contributed by atoms with van der Waals surface area (Å²) in [5, 5.41) is 9.70. The van der Waals surface area contributed by atoms with E-state index in [1.54, 1.807) is 20.8 Å². The normalized spacial score (nSPS) is 14.2. The molecule has 0 amide bonds. The first-order valence-electron chi connectivity index (χ1n) is 7.04. The molecule has 0 aromatic heterocycles. The lowest BCUT2D eigenvalue weighted by Crippen LogP contribution is -2.40. The SMILES string of the molecule is CC(C)(C)OC(=O)C(N)CC(O)COc1c(F)c(F)cc(F)c1F. The Morgan fingerprint density at radius 3 is 2.17 bits per heavy atom. The van der Waals surface area contributed by atoms with Gasteiger partial charge in [0.2, 0.25) is 11.6 Å². The van der Waals surface area contributed by atoms with Crippen LogP contribution in [0.3, 0.4) is 0 Å². The van der Waals surface area contributed by atoms with Crippen LogP contribution in [0.15, 0.2) is 6.07 Å². The number of hydrogen-bond donors (Lipinski definition) is 2. The summed E-state index contributed by atoms with van der Waals surface area (Å²) < 4.78 is 62.4. The molecule has 0 saturated heterocycles. The maximum atomic E-state index is 13.4. The Hall–Kier alpha value is -1.87. The minimum atomic E-state index is -1.72. The zero-order valence-corrected chi connectivity index (χ0v) is 13.4. The summed E-state index contributed by atoms with van der Waals surface area (Å²) in [6, 6.07) is -1.17. The Balaban J connectivity index is 2.64. The monoisotopic (exact) mass is 353 g/mol. The first-order valence-corrected chi connectivity index (χ1v) is 7.04. The van der Waals surface area contributed by atoms with Crippen molar-refractivity contribution < 1.29 is 36.9 Å². The van der Waals surface area contributed by atoms with Gasteiger partial charge in [0.25, 0.3) is 0 Å². The Bertz CT molecular complexity index is 578. The van der Waals surface area contributed by atoms with Crippen molar-refractivity contribution in [2.24, 2.45) is 5.73 Å². The summed E-state index contributed by atoms with van der Waals surface area (Å²) in [6.45, 7) is 4.15. The number of nitrogens with two attached hydrogens (primary N) is 1. The van der Waals surface area contributed by atoms with Crippen molar-refractivity contribution in [3.05, 3.63) is 29.3 Å². The molecule has 3 N–H and O–H groups in total. The zero-order chi connectivity index (χ0) is 18.7. The van der Waals surface area contributed by atoms with Crippen molar-refractivity contribution in [1.82, 2.24) is 0 Å². The molecule has 136 valence electrons. The molecule has 0 radical (unpaired) electrons. The minimum Gasteiger partial charge on any atom is -0.485 e. The number of esters is 1. The number of benzene rings is 1. The number of halogens is 4. The van der Waals surface area contributed by atoms with Crippen LogP contribution in [0.2, 0.25) is 0 Å². The van der Waals surface area contributed by atoms with Gasteiger partial charge in [-0.2, -0.15) is 8.78 Å². The smallest absolute Gasteiger partial charge is 0.323 e. The molecular formula is C15H19F4NO4. The predicted octanol–water partition coefficient (Wildman–Crippen LogP) is 2.04. The van der Waals surface area contributed by atoms with Crippen LogP contribution in [-0.4, -0.2) is 35.4 Å². The average Bonchev–Trinajstić information content (AvgIpc) is 2.43. The maximum Gasteiger partial charge on any atom is 0.323 e. The Morgan fingerprint density at radius 2 is 1.71 bits per heavy atom. The summed E-state index contributed by atoms with van der Waals surface area (Å²) in [6.07, 6.45) is -1.76. The second-order valence-corrected chi connectivity index (χ2v) is 6.14. The van der Waals surface area contributed by atoms with Crippen LogP contribution >= 0.6 is 0 Å². The lowest BCUT2D eigenvalue weighted by molar-refractivity contribution is -0.157. The van der Waals surface area contributed by atoms with E-state index in [2.05, 4.69) is 4.74 Å². The molecular weight excluding hydrogens is 334 g/mol. The molecule has 1 aromatic carbocycles. The lowest BCUT2D eigenvalue weighted by Gasteiger charge is -2.23. The van der Waals surface area contributed by atoms with Crippen molar-refractivity contribution in [3.8, 4) is 5.75 Å². The van der Waals surface area contributed by atoms with Gasteiger partial charge < -0.3 is 20.3 Å². The van der Waals surface area contributed by atoms with Crippen molar-refractivity contribution in [3.63, 3.8) is 0 Å².